The van der Waals surface area contributed by atoms with Crippen molar-refractivity contribution in [3.05, 3.63) is 170 Å². The normalized spacial score (nSPS) is 11.5. The summed E-state index contributed by atoms with van der Waals surface area (Å²) in [6, 6.07) is 60.6. The predicted octanol–water partition coefficient (Wildman–Crippen LogP) is 11.9. The zero-order valence-corrected chi connectivity index (χ0v) is 25.1. The molecule has 1 heterocycles. The van der Waals surface area contributed by atoms with E-state index in [1.807, 2.05) is 12.1 Å². The molecule has 9 aromatic rings. The molecule has 0 saturated carbocycles. The van der Waals surface area contributed by atoms with Gasteiger partial charge in [0, 0.05) is 16.5 Å². The van der Waals surface area contributed by atoms with Crippen LogP contribution in [0.5, 0.6) is 0 Å². The van der Waals surface area contributed by atoms with E-state index in [0.29, 0.717) is 5.82 Å². The van der Waals surface area contributed by atoms with Gasteiger partial charge in [0.1, 0.15) is 0 Å². The number of rotatable bonds is 2. The van der Waals surface area contributed by atoms with Crippen molar-refractivity contribution in [1.82, 2.24) is 9.97 Å². The number of aromatic nitrogens is 2. The van der Waals surface area contributed by atoms with Crippen LogP contribution in [-0.2, 0) is 0 Å². The first-order chi connectivity index (χ1) is 22.8. The zero-order valence-electron chi connectivity index (χ0n) is 25.1. The van der Waals surface area contributed by atoms with Crippen LogP contribution in [0.1, 0.15) is 0 Å². The molecule has 0 spiro atoms. The Kier molecular flexibility index (Phi) is 6.17. The van der Waals surface area contributed by atoms with Crippen molar-refractivity contribution in [2.75, 3.05) is 0 Å². The van der Waals surface area contributed by atoms with E-state index in [0.717, 1.165) is 33.1 Å². The Bertz CT molecular complexity index is 2620. The molecule has 0 aliphatic rings. The lowest BCUT2D eigenvalue weighted by Gasteiger charge is -2.12. The van der Waals surface area contributed by atoms with Crippen LogP contribution in [0.4, 0.5) is 0 Å². The van der Waals surface area contributed by atoms with Gasteiger partial charge in [0.05, 0.1) is 11.2 Å². The van der Waals surface area contributed by atoms with Crippen LogP contribution in [0.25, 0.3) is 87.4 Å². The molecule has 0 aliphatic heterocycles. The number of hydrogen-bond acceptors (Lipinski definition) is 2. The SMILES string of the molecule is c1ccc(-c2nc(-c3ccc4c5ccccc5c5ccccc5c5ccccc5c5ccccc5c4c3)nc3ccccc23)cc1. The zero-order chi connectivity index (χ0) is 30.5. The predicted molar refractivity (Wildman–Crippen MR) is 196 cm³/mol. The van der Waals surface area contributed by atoms with Gasteiger partial charge in [-0.3, -0.25) is 0 Å². The molecule has 214 valence electrons. The third-order valence-corrected chi connectivity index (χ3v) is 9.09. The van der Waals surface area contributed by atoms with Crippen molar-refractivity contribution in [2.45, 2.75) is 0 Å². The van der Waals surface area contributed by atoms with E-state index in [2.05, 4.69) is 158 Å². The maximum absolute atomic E-state index is 5.22. The van der Waals surface area contributed by atoms with Gasteiger partial charge in [-0.1, -0.05) is 158 Å². The van der Waals surface area contributed by atoms with E-state index in [9.17, 15) is 0 Å². The van der Waals surface area contributed by atoms with Crippen molar-refractivity contribution in [2.24, 2.45) is 0 Å². The summed E-state index contributed by atoms with van der Waals surface area (Å²) in [5.41, 5.74) is 3.94. The Morgan fingerprint density at radius 2 is 0.652 bits per heavy atom. The van der Waals surface area contributed by atoms with Crippen LogP contribution in [0.3, 0.4) is 0 Å². The highest BCUT2D eigenvalue weighted by molar-refractivity contribution is 6.26. The molecule has 0 N–H and O–H groups in total. The molecular weight excluding hydrogens is 556 g/mol. The van der Waals surface area contributed by atoms with Gasteiger partial charge < -0.3 is 0 Å². The molecule has 9 rings (SSSR count). The standard InChI is InChI=1S/C44H28N2/c1-2-14-29(15-3-1)43-40-24-12-13-25-42(40)45-44(46-43)30-26-27-39-37-22-9-8-20-35(37)33-18-5-4-16-31(33)32-17-6-7-19-34(32)36-21-10-11-23-38(36)41(39)28-30/h1-28H. The Balaban J connectivity index is 1.48. The van der Waals surface area contributed by atoms with Crippen molar-refractivity contribution in [3.63, 3.8) is 0 Å². The summed E-state index contributed by atoms with van der Waals surface area (Å²) in [5, 5.41) is 13.1. The minimum absolute atomic E-state index is 0.717. The molecule has 2 nitrogen and oxygen atoms in total. The van der Waals surface area contributed by atoms with Gasteiger partial charge in [0.2, 0.25) is 0 Å². The van der Waals surface area contributed by atoms with Gasteiger partial charge in [0.15, 0.2) is 5.82 Å². The van der Waals surface area contributed by atoms with Gasteiger partial charge >= 0.3 is 0 Å². The lowest BCUT2D eigenvalue weighted by molar-refractivity contribution is 1.23. The molecule has 8 aromatic carbocycles. The molecule has 1 aromatic heterocycles. The highest BCUT2D eigenvalue weighted by Crippen LogP contribution is 2.37. The largest absolute Gasteiger partial charge is 0.228 e. The van der Waals surface area contributed by atoms with Gasteiger partial charge in [-0.15, -0.1) is 0 Å². The second-order valence-electron chi connectivity index (χ2n) is 11.7. The molecule has 0 unspecified atom stereocenters. The first-order valence-corrected chi connectivity index (χ1v) is 15.7. The fraction of sp³-hybridized carbons (Fsp3) is 0. The summed E-state index contributed by atoms with van der Waals surface area (Å²) in [6.07, 6.45) is 0. The summed E-state index contributed by atoms with van der Waals surface area (Å²) in [4.78, 5) is 10.3. The van der Waals surface area contributed by atoms with Crippen LogP contribution in [0, 0.1) is 0 Å². The number of fused-ring (bicyclic) bond motifs is 11. The van der Waals surface area contributed by atoms with Crippen LogP contribution in [0.2, 0.25) is 0 Å². The van der Waals surface area contributed by atoms with Gasteiger partial charge in [0.25, 0.3) is 0 Å². The summed E-state index contributed by atoms with van der Waals surface area (Å²) in [7, 11) is 0. The fourth-order valence-corrected chi connectivity index (χ4v) is 6.97. The minimum atomic E-state index is 0.717. The molecule has 0 atom stereocenters. The van der Waals surface area contributed by atoms with E-state index in [1.54, 1.807) is 0 Å². The summed E-state index contributed by atoms with van der Waals surface area (Å²) < 4.78 is 0. The van der Waals surface area contributed by atoms with Crippen molar-refractivity contribution >= 4 is 64.8 Å². The summed E-state index contributed by atoms with van der Waals surface area (Å²) in [6.45, 7) is 0. The van der Waals surface area contributed by atoms with Crippen LogP contribution in [0.15, 0.2) is 170 Å². The Morgan fingerprint density at radius 1 is 0.261 bits per heavy atom. The maximum atomic E-state index is 5.22. The first-order valence-electron chi connectivity index (χ1n) is 15.7. The number of para-hydroxylation sites is 1. The quantitative estimate of drug-likeness (QED) is 0.202. The smallest absolute Gasteiger partial charge is 0.160 e. The third-order valence-electron chi connectivity index (χ3n) is 9.09. The molecule has 2 heteroatoms. The third kappa shape index (κ3) is 4.27. The average Bonchev–Trinajstić information content (AvgIpc) is 3.14. The molecule has 0 saturated heterocycles. The Hall–Kier alpha value is -6.12. The molecular formula is C44H28N2. The second-order valence-corrected chi connectivity index (χ2v) is 11.7. The van der Waals surface area contributed by atoms with E-state index < -0.39 is 0 Å². The monoisotopic (exact) mass is 584 g/mol. The lowest BCUT2D eigenvalue weighted by Crippen LogP contribution is -1.95. The van der Waals surface area contributed by atoms with Crippen molar-refractivity contribution in [3.8, 4) is 22.6 Å². The highest BCUT2D eigenvalue weighted by Gasteiger charge is 2.13. The Morgan fingerprint density at radius 3 is 1.15 bits per heavy atom. The van der Waals surface area contributed by atoms with Crippen molar-refractivity contribution < 1.29 is 0 Å². The number of hydrogen-bond donors (Lipinski definition) is 0. The molecule has 46 heavy (non-hydrogen) atoms. The summed E-state index contributed by atoms with van der Waals surface area (Å²) >= 11 is 0. The van der Waals surface area contributed by atoms with Gasteiger partial charge in [-0.25, -0.2) is 9.97 Å². The first kappa shape index (κ1) is 26.3. The Labute approximate surface area is 266 Å². The topological polar surface area (TPSA) is 25.8 Å². The maximum Gasteiger partial charge on any atom is 0.160 e. The van der Waals surface area contributed by atoms with E-state index in [1.165, 1.54) is 48.5 Å². The second kappa shape index (κ2) is 10.8. The molecule has 0 bridgehead atoms. The average molecular weight is 585 g/mol. The van der Waals surface area contributed by atoms with E-state index >= 15 is 0 Å². The van der Waals surface area contributed by atoms with E-state index in [4.69, 9.17) is 9.97 Å². The van der Waals surface area contributed by atoms with Crippen LogP contribution in [-0.4, -0.2) is 9.97 Å². The van der Waals surface area contributed by atoms with E-state index in [-0.39, 0.29) is 0 Å². The van der Waals surface area contributed by atoms with Crippen molar-refractivity contribution in [1.29, 1.82) is 0 Å². The number of benzene rings is 7. The molecule has 0 fully saturated rings. The minimum Gasteiger partial charge on any atom is -0.228 e. The lowest BCUT2D eigenvalue weighted by atomic mass is 9.93. The van der Waals surface area contributed by atoms with Crippen LogP contribution >= 0.6 is 0 Å². The molecule has 0 aliphatic carbocycles. The molecule has 0 radical (unpaired) electrons. The van der Waals surface area contributed by atoms with Crippen LogP contribution < -0.4 is 0 Å². The van der Waals surface area contributed by atoms with Gasteiger partial charge in [-0.05, 0) is 66.0 Å². The highest BCUT2D eigenvalue weighted by atomic mass is 14.9. The molecule has 0 amide bonds. The van der Waals surface area contributed by atoms with Gasteiger partial charge in [-0.2, -0.15) is 0 Å². The fourth-order valence-electron chi connectivity index (χ4n) is 6.97. The number of nitrogens with zero attached hydrogens (tertiary/aromatic N) is 2. The summed E-state index contributed by atoms with van der Waals surface area (Å²) in [5.74, 6) is 0.717.